The van der Waals surface area contributed by atoms with Gasteiger partial charge in [0.2, 0.25) is 29.6 Å². The molecule has 2 saturated carbocycles. The number of aryl methyl sites for hydroxylation is 1. The third-order valence-electron chi connectivity index (χ3n) is 16.4. The van der Waals surface area contributed by atoms with E-state index in [-0.39, 0.29) is 48.6 Å². The van der Waals surface area contributed by atoms with Crippen molar-refractivity contribution in [2.75, 3.05) is 79.8 Å². The van der Waals surface area contributed by atoms with Crippen molar-refractivity contribution in [3.05, 3.63) is 48.2 Å². The molecule has 4 saturated heterocycles. The number of ether oxygens (including phenoxy) is 1. The van der Waals surface area contributed by atoms with Gasteiger partial charge in [-0.2, -0.15) is 10.1 Å². The Bertz CT molecular complexity index is 2400. The van der Waals surface area contributed by atoms with E-state index in [0.29, 0.717) is 79.4 Å². The zero-order valence-corrected chi connectivity index (χ0v) is 42.0. The summed E-state index contributed by atoms with van der Waals surface area (Å²) in [4.78, 5) is 81.6. The van der Waals surface area contributed by atoms with Gasteiger partial charge in [0.25, 0.3) is 0 Å². The maximum absolute atomic E-state index is 15.3. The van der Waals surface area contributed by atoms with Crippen molar-refractivity contribution >= 4 is 58.4 Å². The molecule has 72 heavy (non-hydrogen) atoms. The highest BCUT2D eigenvalue weighted by atomic mass is 19.1. The van der Waals surface area contributed by atoms with Gasteiger partial charge in [-0.05, 0) is 127 Å². The number of hydrogen-bond donors (Lipinski definition) is 5. The van der Waals surface area contributed by atoms with Gasteiger partial charge in [0.15, 0.2) is 0 Å². The highest BCUT2D eigenvalue weighted by Gasteiger charge is 2.39. The molecule has 6 heterocycles. The largest absolute Gasteiger partial charge is 0.462 e. The number of amides is 4. The van der Waals surface area contributed by atoms with E-state index in [1.807, 2.05) is 23.0 Å². The minimum absolute atomic E-state index is 0.0272. The Balaban J connectivity index is 0.649. The molecule has 4 amide bonds. The monoisotopic (exact) mass is 997 g/mol. The molecule has 9 rings (SSSR count). The molecule has 0 radical (unpaired) electrons. The van der Waals surface area contributed by atoms with Crippen LogP contribution in [0, 0.1) is 23.6 Å². The Morgan fingerprint density at radius 3 is 2.14 bits per heavy atom. The predicted molar refractivity (Wildman–Crippen MR) is 269 cm³/mol. The SMILES string of the molecule is CCOC(=O)c1cnc(Nc2cnn(C)c2)nc1NC1CCC(N2CCN(C(=O)C3CCC(C(=O)N4CCC(CCC5(O)CCN(c6ccc(N[C@H]7CCC(=O)NC7=O)cc6F)CC5)CC4)CC3)CC2)CC1. The molecule has 0 unspecified atom stereocenters. The van der Waals surface area contributed by atoms with E-state index >= 15 is 4.39 Å². The van der Waals surface area contributed by atoms with Crippen LogP contribution in [0.15, 0.2) is 36.8 Å². The highest BCUT2D eigenvalue weighted by Crippen LogP contribution is 2.37. The quantitative estimate of drug-likeness (QED) is 0.0975. The molecule has 1 atom stereocenters. The summed E-state index contributed by atoms with van der Waals surface area (Å²) in [6, 6.07) is 4.83. The number of carbonyl (C=O) groups excluding carboxylic acids is 5. The molecule has 2 aliphatic carbocycles. The van der Waals surface area contributed by atoms with Crippen molar-refractivity contribution in [2.24, 2.45) is 24.8 Å². The van der Waals surface area contributed by atoms with Crippen LogP contribution in [0.5, 0.6) is 0 Å². The number of hydrogen-bond acceptors (Lipinski definition) is 15. The molecule has 6 aliphatic rings. The molecule has 20 heteroatoms. The zero-order chi connectivity index (χ0) is 50.4. The lowest BCUT2D eigenvalue weighted by molar-refractivity contribution is -0.143. The van der Waals surface area contributed by atoms with Crippen LogP contribution in [0.3, 0.4) is 0 Å². The van der Waals surface area contributed by atoms with Gasteiger partial charge in [0, 0.05) is 108 Å². The van der Waals surface area contributed by atoms with Crippen molar-refractivity contribution in [3.63, 3.8) is 0 Å². The Hall–Kier alpha value is -5.89. The summed E-state index contributed by atoms with van der Waals surface area (Å²) in [5.74, 6) is 0.113. The number of benzene rings is 1. The summed E-state index contributed by atoms with van der Waals surface area (Å²) < 4.78 is 22.3. The molecule has 390 valence electrons. The first-order valence-corrected chi connectivity index (χ1v) is 26.5. The number of carbonyl (C=O) groups is 5. The number of piperazine rings is 1. The first-order chi connectivity index (χ1) is 34.8. The minimum Gasteiger partial charge on any atom is -0.462 e. The van der Waals surface area contributed by atoms with Gasteiger partial charge in [-0.15, -0.1) is 0 Å². The number of anilines is 5. The zero-order valence-electron chi connectivity index (χ0n) is 42.0. The number of esters is 1. The minimum atomic E-state index is -0.805. The smallest absolute Gasteiger partial charge is 0.343 e. The van der Waals surface area contributed by atoms with Gasteiger partial charge in [0.1, 0.15) is 23.2 Å². The maximum atomic E-state index is 15.3. The van der Waals surface area contributed by atoms with E-state index < -0.39 is 29.3 Å². The van der Waals surface area contributed by atoms with Gasteiger partial charge >= 0.3 is 5.97 Å². The lowest BCUT2D eigenvalue weighted by Gasteiger charge is -2.43. The van der Waals surface area contributed by atoms with E-state index in [9.17, 15) is 29.1 Å². The normalized spacial score (nSPS) is 25.4. The number of aliphatic hydroxyl groups is 1. The molecule has 0 bridgehead atoms. The van der Waals surface area contributed by atoms with E-state index in [4.69, 9.17) is 4.74 Å². The van der Waals surface area contributed by atoms with Crippen LogP contribution in [-0.4, -0.2) is 152 Å². The van der Waals surface area contributed by atoms with Crippen molar-refractivity contribution in [1.82, 2.24) is 39.8 Å². The maximum Gasteiger partial charge on any atom is 0.343 e. The number of halogens is 1. The third-order valence-corrected chi connectivity index (χ3v) is 16.4. The van der Waals surface area contributed by atoms with Gasteiger partial charge in [-0.25, -0.2) is 14.2 Å². The third kappa shape index (κ3) is 12.5. The number of aromatic nitrogens is 4. The van der Waals surface area contributed by atoms with Crippen molar-refractivity contribution in [3.8, 4) is 0 Å². The average Bonchev–Trinajstić information content (AvgIpc) is 3.81. The molecule has 4 aliphatic heterocycles. The summed E-state index contributed by atoms with van der Waals surface area (Å²) >= 11 is 0. The molecule has 5 N–H and O–H groups in total. The molecule has 1 aromatic carbocycles. The summed E-state index contributed by atoms with van der Waals surface area (Å²) in [6.45, 7) is 7.72. The Kier molecular flexibility index (Phi) is 16.2. The lowest BCUT2D eigenvalue weighted by Crippen LogP contribution is -2.54. The van der Waals surface area contributed by atoms with E-state index in [2.05, 4.69) is 46.1 Å². The average molecular weight is 997 g/mol. The topological polar surface area (TPSA) is 219 Å². The molecule has 6 fully saturated rings. The van der Waals surface area contributed by atoms with Crippen molar-refractivity contribution < 1.29 is 38.2 Å². The van der Waals surface area contributed by atoms with Gasteiger partial charge in [-0.3, -0.25) is 34.1 Å². The van der Waals surface area contributed by atoms with Crippen LogP contribution >= 0.6 is 0 Å². The summed E-state index contributed by atoms with van der Waals surface area (Å²) in [6.07, 6.45) is 17.0. The number of rotatable bonds is 15. The number of piperidine rings is 3. The van der Waals surface area contributed by atoms with Crippen LogP contribution in [0.2, 0.25) is 0 Å². The molecule has 19 nitrogen and oxygen atoms in total. The number of likely N-dealkylation sites (tertiary alicyclic amines) is 1. The van der Waals surface area contributed by atoms with E-state index in [0.717, 1.165) is 116 Å². The molecule has 3 aromatic rings. The molecule has 0 spiro atoms. The van der Waals surface area contributed by atoms with E-state index in [1.54, 1.807) is 29.9 Å². The number of imide groups is 1. The fourth-order valence-corrected chi connectivity index (χ4v) is 11.9. The standard InChI is InChI=1S/C52H73FN12O7/c1-3-72-50(70)41-32-54-51(58-39-31-55-61(2)33-39)60-46(41)57-37-8-11-40(12-9-37)62-26-28-65(29-27-62)49(69)36-6-4-35(5-7-36)48(68)64-22-17-34(18-23-64)16-19-52(71)20-24-63(25-21-52)44-14-10-38(30-42(44)53)56-43-13-15-45(66)59-47(43)67/h10,14,30-37,40,43,56,71H,3-9,11-13,15-29H2,1-2H3,(H,59,66,67)(H2,54,57,58,60)/t35?,36?,37?,40?,43-/m0/s1. The van der Waals surface area contributed by atoms with Crippen LogP contribution in [-0.2, 0) is 31.0 Å². The van der Waals surface area contributed by atoms with Gasteiger partial charge < -0.3 is 40.5 Å². The van der Waals surface area contributed by atoms with Gasteiger partial charge in [0.05, 0.1) is 29.8 Å². The second-order valence-corrected chi connectivity index (χ2v) is 21.1. The summed E-state index contributed by atoms with van der Waals surface area (Å²) in [7, 11) is 1.83. The summed E-state index contributed by atoms with van der Waals surface area (Å²) in [5.41, 5.74) is 1.20. The Labute approximate surface area is 421 Å². The first kappa shape index (κ1) is 51.0. The first-order valence-electron chi connectivity index (χ1n) is 26.5. The highest BCUT2D eigenvalue weighted by molar-refractivity contribution is 6.01. The predicted octanol–water partition coefficient (Wildman–Crippen LogP) is 5.21. The molecular formula is C52H73FN12O7. The van der Waals surface area contributed by atoms with E-state index in [1.165, 1.54) is 12.3 Å². The Morgan fingerprint density at radius 1 is 0.833 bits per heavy atom. The fourth-order valence-electron chi connectivity index (χ4n) is 11.9. The van der Waals surface area contributed by atoms with Crippen LogP contribution in [0.25, 0.3) is 0 Å². The van der Waals surface area contributed by atoms with Crippen LogP contribution in [0.1, 0.15) is 120 Å². The Morgan fingerprint density at radius 2 is 1.51 bits per heavy atom. The van der Waals surface area contributed by atoms with Crippen LogP contribution < -0.4 is 26.2 Å². The molecular weight excluding hydrogens is 924 g/mol. The molecule has 2 aromatic heterocycles. The fraction of sp³-hybridized carbons (Fsp3) is 0.654. The second kappa shape index (κ2) is 22.9. The van der Waals surface area contributed by atoms with Crippen molar-refractivity contribution in [2.45, 2.75) is 133 Å². The van der Waals surface area contributed by atoms with Crippen LogP contribution in [0.4, 0.5) is 33.2 Å². The van der Waals surface area contributed by atoms with Crippen molar-refractivity contribution in [1.29, 1.82) is 0 Å². The number of nitrogens with zero attached hydrogens (tertiary/aromatic N) is 8. The lowest BCUT2D eigenvalue weighted by atomic mass is 9.79. The van der Waals surface area contributed by atoms with Gasteiger partial charge in [-0.1, -0.05) is 0 Å². The second-order valence-electron chi connectivity index (χ2n) is 21.1. The number of nitrogens with one attached hydrogen (secondary N) is 4. The summed E-state index contributed by atoms with van der Waals surface area (Å²) in [5, 5.41) is 27.8.